The molecule has 7 nitrogen and oxygen atoms in total. The van der Waals surface area contributed by atoms with Crippen LogP contribution in [0.3, 0.4) is 0 Å². The van der Waals surface area contributed by atoms with E-state index in [-0.39, 0.29) is 25.2 Å². The van der Waals surface area contributed by atoms with Crippen molar-refractivity contribution < 1.29 is 14.4 Å². The highest BCUT2D eigenvalue weighted by molar-refractivity contribution is 5.92. The fourth-order valence-corrected chi connectivity index (χ4v) is 0.774. The van der Waals surface area contributed by atoms with Gasteiger partial charge in [-0.2, -0.15) is 0 Å². The number of carbonyl (C=O) groups is 3. The minimum Gasteiger partial charge on any atom is -0.335 e. The highest BCUT2D eigenvalue weighted by Gasteiger charge is 2.03. The van der Waals surface area contributed by atoms with Gasteiger partial charge in [0.05, 0.1) is 13.3 Å². The average Bonchev–Trinajstić information content (AvgIpc) is 2.28. The van der Waals surface area contributed by atoms with Gasteiger partial charge in [0.25, 0.3) is 0 Å². The number of hydrogen-bond acceptors (Lipinski definition) is 3. The van der Waals surface area contributed by atoms with Gasteiger partial charge in [-0.3, -0.25) is 9.59 Å². The molecule has 0 spiro atoms. The third-order valence-corrected chi connectivity index (χ3v) is 1.77. The van der Waals surface area contributed by atoms with Crippen LogP contribution in [0.2, 0.25) is 0 Å². The summed E-state index contributed by atoms with van der Waals surface area (Å²) in [4.78, 5) is 33.3. The molecular formula is C11H18N4O3. The molecule has 0 aliphatic heterocycles. The van der Waals surface area contributed by atoms with Gasteiger partial charge in [-0.15, -0.1) is 0 Å². The van der Waals surface area contributed by atoms with Gasteiger partial charge in [-0.25, -0.2) is 4.79 Å². The van der Waals surface area contributed by atoms with Crippen LogP contribution in [0.5, 0.6) is 0 Å². The summed E-state index contributed by atoms with van der Waals surface area (Å²) in [5, 5.41) is 9.59. The lowest BCUT2D eigenvalue weighted by Gasteiger charge is -2.09. The van der Waals surface area contributed by atoms with E-state index >= 15 is 0 Å². The lowest BCUT2D eigenvalue weighted by atomic mass is 10.3. The molecule has 0 aromatic carbocycles. The van der Waals surface area contributed by atoms with E-state index in [1.54, 1.807) is 13.8 Å². The molecule has 0 bridgehead atoms. The van der Waals surface area contributed by atoms with Gasteiger partial charge in [-0.1, -0.05) is 13.2 Å². The van der Waals surface area contributed by atoms with Crippen LogP contribution in [0.25, 0.3) is 0 Å². The third kappa shape index (κ3) is 7.04. The second-order valence-corrected chi connectivity index (χ2v) is 3.61. The van der Waals surface area contributed by atoms with Gasteiger partial charge in [0.2, 0.25) is 11.8 Å². The Kier molecular flexibility index (Phi) is 6.87. The molecule has 4 N–H and O–H groups in total. The zero-order valence-corrected chi connectivity index (χ0v) is 10.6. The molecule has 0 unspecified atom stereocenters. The van der Waals surface area contributed by atoms with Crippen molar-refractivity contribution >= 4 is 17.8 Å². The van der Waals surface area contributed by atoms with Crippen LogP contribution in [0.15, 0.2) is 24.3 Å². The highest BCUT2D eigenvalue weighted by Crippen LogP contribution is 1.84. The first-order chi connectivity index (χ1) is 8.34. The number of rotatable bonds is 6. The second-order valence-electron chi connectivity index (χ2n) is 3.61. The van der Waals surface area contributed by atoms with Gasteiger partial charge in [0.1, 0.15) is 0 Å². The lowest BCUT2D eigenvalue weighted by Crippen LogP contribution is -2.46. The van der Waals surface area contributed by atoms with E-state index in [4.69, 9.17) is 0 Å². The number of amides is 4. The van der Waals surface area contributed by atoms with Crippen LogP contribution in [-0.2, 0) is 9.59 Å². The van der Waals surface area contributed by atoms with Crippen LogP contribution < -0.4 is 21.3 Å². The highest BCUT2D eigenvalue weighted by atomic mass is 16.2. The molecule has 0 heterocycles. The van der Waals surface area contributed by atoms with Crippen LogP contribution >= 0.6 is 0 Å². The normalized spacial score (nSPS) is 9.00. The van der Waals surface area contributed by atoms with E-state index in [9.17, 15) is 14.4 Å². The molecule has 0 rings (SSSR count). The van der Waals surface area contributed by atoms with E-state index in [2.05, 4.69) is 34.4 Å². The first kappa shape index (κ1) is 15.7. The maximum Gasteiger partial charge on any atom is 0.317 e. The molecular weight excluding hydrogens is 236 g/mol. The van der Waals surface area contributed by atoms with Gasteiger partial charge in [-0.05, 0) is 13.8 Å². The summed E-state index contributed by atoms with van der Waals surface area (Å²) >= 11 is 0. The molecule has 0 aromatic rings. The summed E-state index contributed by atoms with van der Waals surface area (Å²) < 4.78 is 0. The Hall–Kier alpha value is -2.31. The van der Waals surface area contributed by atoms with Crippen molar-refractivity contribution in [3.63, 3.8) is 0 Å². The van der Waals surface area contributed by atoms with Crippen molar-refractivity contribution in [2.45, 2.75) is 13.8 Å². The standard InChI is InChI=1S/C11H18N4O3/c1-7(2)9(16)12-5-14-11(18)15-6-13-10(17)8(3)4/h1,3,5-6H2,2,4H3,(H,12,16)(H,13,17)(H2,14,15,18). The Balaban J connectivity index is 3.67. The zero-order chi connectivity index (χ0) is 14.1. The molecule has 0 saturated carbocycles. The van der Waals surface area contributed by atoms with Gasteiger partial charge in [0, 0.05) is 11.1 Å². The largest absolute Gasteiger partial charge is 0.335 e. The minimum absolute atomic E-state index is 0.0219. The number of carbonyl (C=O) groups excluding carboxylic acids is 3. The molecule has 0 radical (unpaired) electrons. The second kappa shape index (κ2) is 7.88. The summed E-state index contributed by atoms with van der Waals surface area (Å²) in [6.45, 7) is 9.96. The van der Waals surface area contributed by atoms with Crippen LogP contribution in [-0.4, -0.2) is 31.2 Å². The van der Waals surface area contributed by atoms with E-state index < -0.39 is 6.03 Å². The predicted octanol–water partition coefficient (Wildman–Crippen LogP) is -0.415. The molecule has 0 saturated heterocycles. The van der Waals surface area contributed by atoms with Crippen LogP contribution in [0, 0.1) is 0 Å². The molecule has 0 aromatic heterocycles. The molecule has 0 aliphatic rings. The van der Waals surface area contributed by atoms with E-state index in [1.165, 1.54) is 0 Å². The van der Waals surface area contributed by atoms with Crippen molar-refractivity contribution in [2.75, 3.05) is 13.3 Å². The van der Waals surface area contributed by atoms with Crippen molar-refractivity contribution in [1.29, 1.82) is 0 Å². The molecule has 0 fully saturated rings. The summed E-state index contributed by atoms with van der Waals surface area (Å²) in [5.41, 5.74) is 0.705. The Morgan fingerprint density at radius 3 is 1.39 bits per heavy atom. The Morgan fingerprint density at radius 2 is 1.11 bits per heavy atom. The van der Waals surface area contributed by atoms with E-state index in [0.29, 0.717) is 11.1 Å². The first-order valence-corrected chi connectivity index (χ1v) is 5.23. The maximum atomic E-state index is 11.2. The summed E-state index contributed by atoms with van der Waals surface area (Å²) in [6, 6.07) is -0.515. The smallest absolute Gasteiger partial charge is 0.317 e. The van der Waals surface area contributed by atoms with E-state index in [1.807, 2.05) is 0 Å². The fraction of sp³-hybridized carbons (Fsp3) is 0.364. The molecule has 18 heavy (non-hydrogen) atoms. The number of urea groups is 1. The zero-order valence-electron chi connectivity index (χ0n) is 10.6. The van der Waals surface area contributed by atoms with Crippen LogP contribution in [0.4, 0.5) is 4.79 Å². The van der Waals surface area contributed by atoms with Crippen molar-refractivity contribution in [3.05, 3.63) is 24.3 Å². The van der Waals surface area contributed by atoms with E-state index in [0.717, 1.165) is 0 Å². The SMILES string of the molecule is C=C(C)C(=O)NCNC(=O)NCNC(=O)C(=C)C. The van der Waals surface area contributed by atoms with Crippen molar-refractivity contribution in [1.82, 2.24) is 21.3 Å². The quantitative estimate of drug-likeness (QED) is 0.383. The minimum atomic E-state index is -0.515. The van der Waals surface area contributed by atoms with Gasteiger partial charge < -0.3 is 21.3 Å². The number of hydrogen-bond donors (Lipinski definition) is 4. The van der Waals surface area contributed by atoms with Crippen molar-refractivity contribution in [3.8, 4) is 0 Å². The monoisotopic (exact) mass is 254 g/mol. The average molecular weight is 254 g/mol. The molecule has 4 amide bonds. The van der Waals surface area contributed by atoms with Crippen molar-refractivity contribution in [2.24, 2.45) is 0 Å². The van der Waals surface area contributed by atoms with Gasteiger partial charge in [0.15, 0.2) is 0 Å². The Bertz CT molecular complexity index is 342. The molecule has 100 valence electrons. The summed E-state index contributed by atoms with van der Waals surface area (Å²) in [6.07, 6.45) is 0. The number of nitrogens with one attached hydrogen (secondary N) is 4. The lowest BCUT2D eigenvalue weighted by molar-refractivity contribution is -0.118. The van der Waals surface area contributed by atoms with Crippen LogP contribution in [0.1, 0.15) is 13.8 Å². The predicted molar refractivity (Wildman–Crippen MR) is 67.3 cm³/mol. The Labute approximate surface area is 106 Å². The molecule has 0 atom stereocenters. The maximum absolute atomic E-state index is 11.2. The first-order valence-electron chi connectivity index (χ1n) is 5.23. The summed E-state index contributed by atoms with van der Waals surface area (Å²) in [5.74, 6) is -0.684. The summed E-state index contributed by atoms with van der Waals surface area (Å²) in [7, 11) is 0. The van der Waals surface area contributed by atoms with Gasteiger partial charge >= 0.3 is 6.03 Å². The molecule has 0 aliphatic carbocycles. The topological polar surface area (TPSA) is 99.3 Å². The Morgan fingerprint density at radius 1 is 0.778 bits per heavy atom. The molecule has 7 heteroatoms. The third-order valence-electron chi connectivity index (χ3n) is 1.77. The fourth-order valence-electron chi connectivity index (χ4n) is 0.774.